The summed E-state index contributed by atoms with van der Waals surface area (Å²) in [5.74, 6) is -0.0679. The van der Waals surface area contributed by atoms with Crippen molar-refractivity contribution in [3.05, 3.63) is 60.8 Å². The minimum atomic E-state index is -0.865. The maximum Gasteiger partial charge on any atom is 0.220 e. The Morgan fingerprint density at radius 3 is 0.855 bits per heavy atom. The first kappa shape index (κ1) is 74.1. The summed E-state index contributed by atoms with van der Waals surface area (Å²) in [6.45, 7) is 4.32. The molecule has 0 aromatic heterocycles. The van der Waals surface area contributed by atoms with Gasteiger partial charge in [0.05, 0.1) is 18.8 Å². The van der Waals surface area contributed by atoms with Crippen LogP contribution in [0.5, 0.6) is 0 Å². The second-order valence-corrected chi connectivity index (χ2v) is 23.6. The molecule has 0 aliphatic carbocycles. The number of allylic oxidation sites excluding steroid dienone is 9. The molecule has 446 valence electrons. The number of amides is 1. The van der Waals surface area contributed by atoms with Crippen molar-refractivity contribution in [3.8, 4) is 0 Å². The molecule has 0 aliphatic heterocycles. The van der Waals surface area contributed by atoms with Crippen LogP contribution in [-0.4, -0.2) is 34.9 Å². The number of rotatable bonds is 64. The van der Waals surface area contributed by atoms with E-state index in [4.69, 9.17) is 0 Å². The number of hydrogen-bond donors (Lipinski definition) is 3. The van der Waals surface area contributed by atoms with E-state index in [0.29, 0.717) is 6.42 Å². The molecule has 0 spiro atoms. The Morgan fingerprint density at radius 2 is 0.553 bits per heavy atom. The molecule has 4 nitrogen and oxygen atoms in total. The molecule has 0 fully saturated rings. The molecule has 76 heavy (non-hydrogen) atoms. The number of unbranched alkanes of at least 4 members (excludes halogenated alkanes) is 49. The second-order valence-electron chi connectivity index (χ2n) is 23.6. The van der Waals surface area contributed by atoms with Crippen molar-refractivity contribution < 1.29 is 15.0 Å². The van der Waals surface area contributed by atoms with E-state index in [0.717, 1.165) is 44.9 Å². The highest BCUT2D eigenvalue weighted by atomic mass is 16.3. The van der Waals surface area contributed by atoms with E-state index in [1.165, 1.54) is 308 Å². The zero-order valence-electron chi connectivity index (χ0n) is 51.5. The lowest BCUT2D eigenvalue weighted by atomic mass is 10.0. The molecule has 0 radical (unpaired) electrons. The highest BCUT2D eigenvalue weighted by Gasteiger charge is 2.18. The van der Waals surface area contributed by atoms with E-state index in [-0.39, 0.29) is 12.5 Å². The van der Waals surface area contributed by atoms with Gasteiger partial charge in [-0.3, -0.25) is 4.79 Å². The van der Waals surface area contributed by atoms with Crippen molar-refractivity contribution in [1.82, 2.24) is 5.32 Å². The summed E-state index contributed by atoms with van der Waals surface area (Å²) >= 11 is 0. The minimum absolute atomic E-state index is 0.0679. The number of hydrogen-bond acceptors (Lipinski definition) is 3. The number of carbonyl (C=O) groups is 1. The molecule has 0 bridgehead atoms. The highest BCUT2D eigenvalue weighted by molar-refractivity contribution is 5.76. The van der Waals surface area contributed by atoms with Gasteiger partial charge in [0.15, 0.2) is 0 Å². The molecule has 0 heterocycles. The molecule has 0 saturated carbocycles. The van der Waals surface area contributed by atoms with Crippen LogP contribution in [0.1, 0.15) is 373 Å². The predicted octanol–water partition coefficient (Wildman–Crippen LogP) is 23.5. The van der Waals surface area contributed by atoms with Crippen molar-refractivity contribution in [2.75, 3.05) is 6.61 Å². The topological polar surface area (TPSA) is 69.6 Å². The maximum atomic E-state index is 12.5. The van der Waals surface area contributed by atoms with Gasteiger partial charge in [-0.25, -0.2) is 0 Å². The van der Waals surface area contributed by atoms with Crippen LogP contribution in [0.15, 0.2) is 60.8 Å². The summed E-state index contributed by atoms with van der Waals surface area (Å²) in [5.41, 5.74) is 0. The predicted molar refractivity (Wildman–Crippen MR) is 341 cm³/mol. The molecule has 0 aromatic carbocycles. The Bertz CT molecular complexity index is 1250. The Hall–Kier alpha value is -1.91. The Kier molecular flexibility index (Phi) is 65.7. The van der Waals surface area contributed by atoms with E-state index in [9.17, 15) is 15.0 Å². The third-order valence-electron chi connectivity index (χ3n) is 16.0. The highest BCUT2D eigenvalue weighted by Crippen LogP contribution is 2.18. The standard InChI is InChI=1S/C72H135NO3/c1-3-5-7-9-11-13-15-17-19-21-23-25-27-29-31-33-34-35-36-37-38-40-42-44-46-48-50-52-54-56-58-60-62-64-66-68-72(76)73-70(69-74)71(75)67-65-63-61-59-57-55-53-51-49-47-45-43-41-39-32-30-28-26-24-22-20-18-16-14-12-10-8-6-4-2/h15,17,21,23,27,29,57,59,65,67,70-71,74-75H,3-14,16,18-20,22,24-26,28,30-56,58,60-64,66,68-69H2,1-2H3,(H,73,76)/b17-15-,23-21-,29-27-,59-57+,67-65+. The van der Waals surface area contributed by atoms with Gasteiger partial charge in [0, 0.05) is 6.42 Å². The lowest BCUT2D eigenvalue weighted by Gasteiger charge is -2.19. The van der Waals surface area contributed by atoms with Crippen molar-refractivity contribution in [1.29, 1.82) is 0 Å². The average Bonchev–Trinajstić information content (AvgIpc) is 3.42. The number of aliphatic hydroxyl groups is 2. The van der Waals surface area contributed by atoms with Gasteiger partial charge in [0.25, 0.3) is 0 Å². The SMILES string of the molecule is CCCCCCC/C=C\C/C=C\C/C=C\CCCCCCCCCCCCCCCCCCCCCCC(=O)NC(CO)C(O)/C=C/CC/C=C/CCCCCCCCCCCCCCCCCCCCCCCCC. The lowest BCUT2D eigenvalue weighted by Crippen LogP contribution is -2.45. The van der Waals surface area contributed by atoms with E-state index in [1.807, 2.05) is 6.08 Å². The number of carbonyl (C=O) groups excluding carboxylic acids is 1. The molecule has 3 N–H and O–H groups in total. The number of nitrogens with one attached hydrogen (secondary N) is 1. The molecule has 2 unspecified atom stereocenters. The van der Waals surface area contributed by atoms with Crippen molar-refractivity contribution in [2.45, 2.75) is 386 Å². The van der Waals surface area contributed by atoms with Crippen LogP contribution in [-0.2, 0) is 4.79 Å². The maximum absolute atomic E-state index is 12.5. The molecule has 0 aliphatic rings. The van der Waals surface area contributed by atoms with Gasteiger partial charge >= 0.3 is 0 Å². The van der Waals surface area contributed by atoms with Crippen molar-refractivity contribution in [3.63, 3.8) is 0 Å². The molecule has 0 aromatic rings. The first-order chi connectivity index (χ1) is 37.7. The van der Waals surface area contributed by atoms with Gasteiger partial charge in [-0.05, 0) is 70.6 Å². The summed E-state index contributed by atoms with van der Waals surface area (Å²) in [6.07, 6.45) is 95.9. The average molecular weight is 1060 g/mol. The van der Waals surface area contributed by atoms with Gasteiger partial charge in [-0.15, -0.1) is 0 Å². The minimum Gasteiger partial charge on any atom is -0.394 e. The van der Waals surface area contributed by atoms with Crippen LogP contribution >= 0.6 is 0 Å². The van der Waals surface area contributed by atoms with Crippen LogP contribution in [0.25, 0.3) is 0 Å². The largest absolute Gasteiger partial charge is 0.394 e. The molecule has 2 atom stereocenters. The molecular weight excluding hydrogens is 927 g/mol. The molecule has 0 saturated heterocycles. The van der Waals surface area contributed by atoms with Gasteiger partial charge in [-0.2, -0.15) is 0 Å². The van der Waals surface area contributed by atoms with Crippen LogP contribution in [0, 0.1) is 0 Å². The molecule has 4 heteroatoms. The van der Waals surface area contributed by atoms with E-state index in [2.05, 4.69) is 67.8 Å². The first-order valence-electron chi connectivity index (χ1n) is 34.5. The third kappa shape index (κ3) is 62.9. The summed E-state index contributed by atoms with van der Waals surface area (Å²) in [5, 5.41) is 23.3. The Balaban J connectivity index is 3.46. The van der Waals surface area contributed by atoms with E-state index in [1.54, 1.807) is 6.08 Å². The normalized spacial score (nSPS) is 13.1. The summed E-state index contributed by atoms with van der Waals surface area (Å²) in [6, 6.07) is -0.641. The van der Waals surface area contributed by atoms with Gasteiger partial charge < -0.3 is 15.5 Å². The quantitative estimate of drug-likeness (QED) is 0.0420. The van der Waals surface area contributed by atoms with Crippen LogP contribution in [0.2, 0.25) is 0 Å². The van der Waals surface area contributed by atoms with Crippen LogP contribution in [0.4, 0.5) is 0 Å². The van der Waals surface area contributed by atoms with Crippen molar-refractivity contribution in [2.24, 2.45) is 0 Å². The van der Waals surface area contributed by atoms with Gasteiger partial charge in [0.1, 0.15) is 0 Å². The second kappa shape index (κ2) is 67.4. The molecule has 1 amide bonds. The van der Waals surface area contributed by atoms with Crippen molar-refractivity contribution >= 4 is 5.91 Å². The fourth-order valence-electron chi connectivity index (χ4n) is 10.7. The smallest absolute Gasteiger partial charge is 0.220 e. The Morgan fingerprint density at radius 1 is 0.316 bits per heavy atom. The van der Waals surface area contributed by atoms with Crippen LogP contribution < -0.4 is 5.32 Å². The van der Waals surface area contributed by atoms with Gasteiger partial charge in [-0.1, -0.05) is 357 Å². The summed E-state index contributed by atoms with van der Waals surface area (Å²) < 4.78 is 0. The number of aliphatic hydroxyl groups excluding tert-OH is 2. The lowest BCUT2D eigenvalue weighted by molar-refractivity contribution is -0.123. The van der Waals surface area contributed by atoms with Gasteiger partial charge in [0.2, 0.25) is 5.91 Å². The third-order valence-corrected chi connectivity index (χ3v) is 16.0. The first-order valence-corrected chi connectivity index (χ1v) is 34.5. The fraction of sp³-hybridized carbons (Fsp3) is 0.847. The van der Waals surface area contributed by atoms with Crippen LogP contribution in [0.3, 0.4) is 0 Å². The molecule has 0 rings (SSSR count). The van der Waals surface area contributed by atoms with E-state index < -0.39 is 12.1 Å². The molecular formula is C72H135NO3. The fourth-order valence-corrected chi connectivity index (χ4v) is 10.7. The Labute approximate surface area is 477 Å². The monoisotopic (exact) mass is 1060 g/mol. The van der Waals surface area contributed by atoms with E-state index >= 15 is 0 Å². The zero-order chi connectivity index (χ0) is 54.8. The zero-order valence-corrected chi connectivity index (χ0v) is 51.5. The summed E-state index contributed by atoms with van der Waals surface area (Å²) in [7, 11) is 0. The summed E-state index contributed by atoms with van der Waals surface area (Å²) in [4.78, 5) is 12.5.